The van der Waals surface area contributed by atoms with Gasteiger partial charge in [-0.3, -0.25) is 37.3 Å². The minimum Gasteiger partial charge on any atom is -0.462 e. The zero-order chi connectivity index (χ0) is 74.6. The minimum atomic E-state index is -5.01. The smallest absolute Gasteiger partial charge is 0.462 e. The van der Waals surface area contributed by atoms with E-state index in [9.17, 15) is 43.2 Å². The third-order valence-electron chi connectivity index (χ3n) is 14.9. The Bertz CT molecular complexity index is 2650. The average Bonchev–Trinajstić information content (AvgIpc) is 0.924. The van der Waals surface area contributed by atoms with E-state index in [4.69, 9.17) is 37.0 Å². The molecule has 0 heterocycles. The largest absolute Gasteiger partial charge is 0.472 e. The lowest BCUT2D eigenvalue weighted by molar-refractivity contribution is -0.161. The summed E-state index contributed by atoms with van der Waals surface area (Å²) in [5, 5.41) is 10.6. The number of phosphoric acid groups is 2. The van der Waals surface area contributed by atoms with Crippen molar-refractivity contribution in [3.8, 4) is 0 Å². The predicted molar refractivity (Wildman–Crippen MR) is 417 cm³/mol. The number of aliphatic hydroxyl groups is 1. The summed E-state index contributed by atoms with van der Waals surface area (Å²) in [5.74, 6) is -2.47. The maximum absolute atomic E-state index is 13.1. The number of esters is 4. The number of carbonyl (C=O) groups is 4. The lowest BCUT2D eigenvalue weighted by Gasteiger charge is -2.21. The Hall–Kier alpha value is -5.84. The van der Waals surface area contributed by atoms with Crippen LogP contribution in [-0.2, 0) is 65.4 Å². The summed E-state index contributed by atoms with van der Waals surface area (Å²) < 4.78 is 68.2. The van der Waals surface area contributed by atoms with Gasteiger partial charge in [-0.15, -0.1) is 0 Å². The van der Waals surface area contributed by atoms with E-state index < -0.39 is 97.5 Å². The van der Waals surface area contributed by atoms with Gasteiger partial charge in [0.1, 0.15) is 19.3 Å². The molecule has 0 aromatic rings. The normalized spacial score (nSPS) is 14.9. The molecule has 0 amide bonds. The highest BCUT2D eigenvalue weighted by Crippen LogP contribution is 2.45. The summed E-state index contributed by atoms with van der Waals surface area (Å²) in [6, 6.07) is 0. The Kier molecular flexibility index (Phi) is 69.3. The molecule has 0 fully saturated rings. The fourth-order valence-corrected chi connectivity index (χ4v) is 10.7. The van der Waals surface area contributed by atoms with E-state index >= 15 is 0 Å². The molecule has 576 valence electrons. The number of phosphoric ester groups is 2. The Labute approximate surface area is 615 Å². The monoisotopic (exact) mass is 1460 g/mol. The van der Waals surface area contributed by atoms with E-state index in [1.165, 1.54) is 19.3 Å². The van der Waals surface area contributed by atoms with Crippen molar-refractivity contribution in [1.82, 2.24) is 0 Å². The van der Waals surface area contributed by atoms with Gasteiger partial charge in [0, 0.05) is 19.3 Å². The van der Waals surface area contributed by atoms with Crippen molar-refractivity contribution in [3.05, 3.63) is 182 Å². The van der Waals surface area contributed by atoms with Crippen molar-refractivity contribution >= 4 is 39.5 Å². The van der Waals surface area contributed by atoms with Crippen molar-refractivity contribution in [1.29, 1.82) is 0 Å². The molecule has 102 heavy (non-hydrogen) atoms. The summed E-state index contributed by atoms with van der Waals surface area (Å²) in [4.78, 5) is 72.8. The van der Waals surface area contributed by atoms with E-state index in [1.54, 1.807) is 6.08 Å². The minimum absolute atomic E-state index is 0.0244. The van der Waals surface area contributed by atoms with Gasteiger partial charge in [-0.1, -0.05) is 268 Å². The Balaban J connectivity index is 5.52. The summed E-state index contributed by atoms with van der Waals surface area (Å²) in [5.41, 5.74) is 0. The van der Waals surface area contributed by atoms with Gasteiger partial charge in [0.15, 0.2) is 12.2 Å². The van der Waals surface area contributed by atoms with Gasteiger partial charge in [0.05, 0.1) is 32.8 Å². The van der Waals surface area contributed by atoms with Gasteiger partial charge in [-0.25, -0.2) is 9.13 Å². The zero-order valence-electron chi connectivity index (χ0n) is 62.7. The zero-order valence-corrected chi connectivity index (χ0v) is 64.5. The molecule has 0 rings (SSSR count). The number of unbranched alkanes of at least 4 members (excludes halogenated alkanes) is 14. The van der Waals surface area contributed by atoms with Crippen LogP contribution in [-0.4, -0.2) is 96.7 Å². The highest BCUT2D eigenvalue weighted by atomic mass is 31.2. The highest BCUT2D eigenvalue weighted by Gasteiger charge is 2.30. The summed E-state index contributed by atoms with van der Waals surface area (Å²) in [6.07, 6.45) is 87.9. The maximum atomic E-state index is 13.1. The average molecular weight is 1460 g/mol. The molecule has 0 spiro atoms. The van der Waals surface area contributed by atoms with Crippen molar-refractivity contribution in [2.24, 2.45) is 0 Å². The second-order valence-corrected chi connectivity index (χ2v) is 27.4. The van der Waals surface area contributed by atoms with Crippen LogP contribution in [0, 0.1) is 0 Å². The molecule has 0 aromatic carbocycles. The number of allylic oxidation sites excluding steroid dienone is 29. The third kappa shape index (κ3) is 72.5. The van der Waals surface area contributed by atoms with E-state index in [2.05, 4.69) is 167 Å². The predicted octanol–water partition coefficient (Wildman–Crippen LogP) is 22.0. The topological polar surface area (TPSA) is 237 Å². The van der Waals surface area contributed by atoms with E-state index in [0.717, 1.165) is 154 Å². The number of aliphatic hydroxyl groups excluding tert-OH is 1. The van der Waals surface area contributed by atoms with Crippen LogP contribution < -0.4 is 0 Å². The van der Waals surface area contributed by atoms with Gasteiger partial charge in [0.25, 0.3) is 0 Å². The Morgan fingerprint density at radius 2 is 0.588 bits per heavy atom. The summed E-state index contributed by atoms with van der Waals surface area (Å²) in [6.45, 7) is 4.28. The molecule has 0 aliphatic carbocycles. The van der Waals surface area contributed by atoms with Gasteiger partial charge in [0.2, 0.25) is 0 Å². The molecular weight excluding hydrogens is 1330 g/mol. The fraction of sp³-hybridized carbons (Fsp3) is 0.590. The number of carbonyl (C=O) groups excluding carboxylic acids is 4. The van der Waals surface area contributed by atoms with Crippen molar-refractivity contribution in [3.63, 3.8) is 0 Å². The molecule has 19 heteroatoms. The molecule has 0 bridgehead atoms. The van der Waals surface area contributed by atoms with Gasteiger partial charge < -0.3 is 33.8 Å². The Morgan fingerprint density at radius 1 is 0.294 bits per heavy atom. The van der Waals surface area contributed by atoms with Crippen LogP contribution in [0.4, 0.5) is 0 Å². The molecule has 5 unspecified atom stereocenters. The SMILES string of the molecule is CC/C=C\C/C=C\C/C=C\C/C=C\C/C=C\C/C=C\CCC(=O)OCC(COP(=O)(O)OCC(O)COP(=O)(O)OCC(COC(=O)C/C=C\C/C=C\C/C=C\C/C=C\C/C=C\CC)OC(=O)CCCCCCC/C=C\C/C=C\CCC)OC(=O)CCCCCCC/C=C\C/C=C\CCCCC. The molecule has 0 radical (unpaired) electrons. The number of rotatable bonds is 69. The molecule has 17 nitrogen and oxygen atoms in total. The molecule has 5 atom stereocenters. The summed E-state index contributed by atoms with van der Waals surface area (Å²) >= 11 is 0. The first-order valence-corrected chi connectivity index (χ1v) is 41.0. The maximum Gasteiger partial charge on any atom is 0.472 e. The first kappa shape index (κ1) is 96.2. The molecule has 0 aliphatic heterocycles. The van der Waals surface area contributed by atoms with Crippen LogP contribution in [0.2, 0.25) is 0 Å². The standard InChI is InChI=1S/C83H132O17P2/c1-5-9-13-17-21-25-29-33-36-37-38-39-42-45-48-52-56-60-64-68-81(86)94-74-79(100-83(88)70-66-62-58-54-50-46-41-35-31-27-23-19-15-11-7-3)76-98-102(91,92)96-72-77(84)71-95-101(89,90)97-75-78(99-82(87)69-65-61-57-53-49-43-32-28-24-20-16-12-8-4)73-93-80(85)67-63-59-55-51-47-44-40-34-30-26-22-18-14-10-6-2/h9-10,13-14,16,20-23,25-28,32-36,38-41,45,47-48,51,56,59-60,63,77-79,84H,5-8,11-12,15,17-19,24,29-31,37,42-44,46,49-50,52-55,57-58,61-62,64-76H2,1-4H3,(H,89,90)(H,91,92)/b13-9-,14-10-,20-16-,25-21-,26-22-,27-23-,32-28-,36-33-,39-38-,40-34-,41-35-,48-45-,51-47-,60-56-,63-59-. The highest BCUT2D eigenvalue weighted by molar-refractivity contribution is 7.47. The van der Waals surface area contributed by atoms with Gasteiger partial charge in [-0.05, 0) is 148 Å². The lowest BCUT2D eigenvalue weighted by atomic mass is 10.1. The Morgan fingerprint density at radius 3 is 0.951 bits per heavy atom. The van der Waals surface area contributed by atoms with E-state index in [1.807, 2.05) is 36.5 Å². The van der Waals surface area contributed by atoms with Crippen LogP contribution in [0.15, 0.2) is 182 Å². The van der Waals surface area contributed by atoms with Crippen molar-refractivity contribution < 1.29 is 80.2 Å². The fourth-order valence-electron chi connectivity index (χ4n) is 9.15. The van der Waals surface area contributed by atoms with Crippen LogP contribution >= 0.6 is 15.6 Å². The molecule has 0 aromatic heterocycles. The van der Waals surface area contributed by atoms with E-state index in [0.29, 0.717) is 32.1 Å². The van der Waals surface area contributed by atoms with Crippen LogP contribution in [0.5, 0.6) is 0 Å². The summed E-state index contributed by atoms with van der Waals surface area (Å²) in [7, 11) is -10.0. The van der Waals surface area contributed by atoms with Crippen LogP contribution in [0.1, 0.15) is 259 Å². The second kappa shape index (κ2) is 73.5. The molecule has 0 aliphatic rings. The molecule has 0 saturated heterocycles. The number of hydrogen-bond acceptors (Lipinski definition) is 15. The number of hydrogen-bond donors (Lipinski definition) is 3. The molecule has 3 N–H and O–H groups in total. The molecular formula is C83H132O17P2. The van der Waals surface area contributed by atoms with E-state index in [-0.39, 0.29) is 25.7 Å². The lowest BCUT2D eigenvalue weighted by Crippen LogP contribution is -2.30. The second-order valence-electron chi connectivity index (χ2n) is 24.5. The molecule has 0 saturated carbocycles. The first-order valence-electron chi connectivity index (χ1n) is 38.0. The third-order valence-corrected chi connectivity index (χ3v) is 16.8. The van der Waals surface area contributed by atoms with Crippen molar-refractivity contribution in [2.75, 3.05) is 39.6 Å². The quantitative estimate of drug-likeness (QED) is 0.0169. The first-order chi connectivity index (χ1) is 49.7. The van der Waals surface area contributed by atoms with Crippen LogP contribution in [0.25, 0.3) is 0 Å². The van der Waals surface area contributed by atoms with Crippen molar-refractivity contribution in [2.45, 2.75) is 277 Å². The van der Waals surface area contributed by atoms with Crippen LogP contribution in [0.3, 0.4) is 0 Å². The van der Waals surface area contributed by atoms with Gasteiger partial charge in [-0.2, -0.15) is 0 Å². The van der Waals surface area contributed by atoms with Gasteiger partial charge >= 0.3 is 39.5 Å². The number of ether oxygens (including phenoxy) is 4.